The Morgan fingerprint density at radius 1 is 1.67 bits per heavy atom. The third-order valence-electron chi connectivity index (χ3n) is 2.41. The number of carbonyl (C=O) groups is 1. The molecule has 0 aliphatic carbocycles. The first-order chi connectivity index (χ1) is 5.65. The molecule has 1 fully saturated rings. The molecule has 0 aromatic carbocycles. The molecule has 0 aromatic rings. The summed E-state index contributed by atoms with van der Waals surface area (Å²) in [5.74, 6) is 0.392. The molecular formula is C8H15IN2O. The van der Waals surface area contributed by atoms with Crippen molar-refractivity contribution in [2.45, 2.75) is 26.3 Å². The summed E-state index contributed by atoms with van der Waals surface area (Å²) in [6.45, 7) is 6.33. The zero-order chi connectivity index (χ0) is 9.14. The summed E-state index contributed by atoms with van der Waals surface area (Å²) in [6.07, 6.45) is 1.01. The molecule has 0 bridgehead atoms. The van der Waals surface area contributed by atoms with Gasteiger partial charge in [0.15, 0.2) is 0 Å². The molecular weight excluding hydrogens is 267 g/mol. The van der Waals surface area contributed by atoms with Crippen molar-refractivity contribution < 1.29 is 4.79 Å². The van der Waals surface area contributed by atoms with Gasteiger partial charge < -0.3 is 4.90 Å². The van der Waals surface area contributed by atoms with Crippen molar-refractivity contribution in [3.63, 3.8) is 0 Å². The standard InChI is InChI=1S/C8H15IN2O/c1-6(2)11-4-3-7(5-11)8(12)10-9/h6-7H,3-5H2,1-2H3,(H,10,12). The van der Waals surface area contributed by atoms with Crippen LogP contribution in [0, 0.1) is 5.92 Å². The quantitative estimate of drug-likeness (QED) is 0.609. The first-order valence-electron chi connectivity index (χ1n) is 4.29. The van der Waals surface area contributed by atoms with Gasteiger partial charge >= 0.3 is 0 Å². The highest BCUT2D eigenvalue weighted by atomic mass is 127. The Labute approximate surface area is 87.4 Å². The summed E-state index contributed by atoms with van der Waals surface area (Å²) < 4.78 is 2.67. The molecule has 1 rings (SSSR count). The van der Waals surface area contributed by atoms with E-state index in [1.54, 1.807) is 0 Å². The number of hydrogen-bond donors (Lipinski definition) is 1. The molecule has 1 heterocycles. The van der Waals surface area contributed by atoms with Crippen molar-refractivity contribution in [1.82, 2.24) is 8.43 Å². The minimum atomic E-state index is 0.179. The Kier molecular flexibility index (Phi) is 3.77. The SMILES string of the molecule is CC(C)N1CCC(C(=O)NI)C1. The third-order valence-corrected chi connectivity index (χ3v) is 2.95. The number of carbonyl (C=O) groups excluding carboxylic acids is 1. The van der Waals surface area contributed by atoms with E-state index in [1.807, 2.05) is 22.9 Å². The fourth-order valence-corrected chi connectivity index (χ4v) is 1.99. The van der Waals surface area contributed by atoms with Gasteiger partial charge in [-0.25, -0.2) is 0 Å². The van der Waals surface area contributed by atoms with Gasteiger partial charge in [-0.1, -0.05) is 0 Å². The van der Waals surface area contributed by atoms with Crippen molar-refractivity contribution in [3.05, 3.63) is 0 Å². The van der Waals surface area contributed by atoms with Crippen molar-refractivity contribution in [3.8, 4) is 0 Å². The molecule has 70 valence electrons. The van der Waals surface area contributed by atoms with Crippen LogP contribution in [0.15, 0.2) is 0 Å². The Balaban J connectivity index is 2.40. The van der Waals surface area contributed by atoms with Gasteiger partial charge in [-0.2, -0.15) is 0 Å². The smallest absolute Gasteiger partial charge is 0.233 e. The van der Waals surface area contributed by atoms with E-state index in [0.717, 1.165) is 19.5 Å². The van der Waals surface area contributed by atoms with Crippen LogP contribution in [-0.2, 0) is 4.79 Å². The number of nitrogens with zero attached hydrogens (tertiary/aromatic N) is 1. The van der Waals surface area contributed by atoms with E-state index in [0.29, 0.717) is 6.04 Å². The van der Waals surface area contributed by atoms with Gasteiger partial charge in [-0.15, -0.1) is 0 Å². The van der Waals surface area contributed by atoms with E-state index in [4.69, 9.17) is 0 Å². The average molecular weight is 282 g/mol. The highest BCUT2D eigenvalue weighted by molar-refractivity contribution is 14.1. The second-order valence-electron chi connectivity index (χ2n) is 3.53. The van der Waals surface area contributed by atoms with Gasteiger partial charge in [0.2, 0.25) is 5.91 Å². The summed E-state index contributed by atoms with van der Waals surface area (Å²) in [4.78, 5) is 13.6. The lowest BCUT2D eigenvalue weighted by Crippen LogP contribution is -2.31. The van der Waals surface area contributed by atoms with Crippen molar-refractivity contribution >= 4 is 28.8 Å². The zero-order valence-electron chi connectivity index (χ0n) is 7.51. The van der Waals surface area contributed by atoms with Crippen molar-refractivity contribution in [1.29, 1.82) is 0 Å². The van der Waals surface area contributed by atoms with Crippen LogP contribution in [0.5, 0.6) is 0 Å². The van der Waals surface area contributed by atoms with Gasteiger partial charge in [0.05, 0.1) is 28.8 Å². The molecule has 1 atom stereocenters. The van der Waals surface area contributed by atoms with E-state index < -0.39 is 0 Å². The molecule has 1 unspecified atom stereocenters. The molecule has 0 spiro atoms. The van der Waals surface area contributed by atoms with Crippen LogP contribution in [0.1, 0.15) is 20.3 Å². The Morgan fingerprint density at radius 2 is 2.33 bits per heavy atom. The van der Waals surface area contributed by atoms with Crippen LogP contribution in [0.3, 0.4) is 0 Å². The second-order valence-corrected chi connectivity index (χ2v) is 4.07. The molecule has 1 saturated heterocycles. The third kappa shape index (κ3) is 2.32. The first kappa shape index (κ1) is 10.2. The maximum absolute atomic E-state index is 11.2. The number of halogens is 1. The molecule has 0 aromatic heterocycles. The predicted molar refractivity (Wildman–Crippen MR) is 57.0 cm³/mol. The second kappa shape index (κ2) is 4.41. The topological polar surface area (TPSA) is 32.3 Å². The van der Waals surface area contributed by atoms with Gasteiger partial charge in [0.1, 0.15) is 0 Å². The van der Waals surface area contributed by atoms with Gasteiger partial charge in [0, 0.05) is 12.6 Å². The number of nitrogens with one attached hydrogen (secondary N) is 1. The lowest BCUT2D eigenvalue weighted by atomic mass is 10.1. The zero-order valence-corrected chi connectivity index (χ0v) is 9.67. The lowest BCUT2D eigenvalue weighted by Gasteiger charge is -2.19. The number of rotatable bonds is 2. The largest absolute Gasteiger partial charge is 0.300 e. The molecule has 1 amide bonds. The minimum Gasteiger partial charge on any atom is -0.300 e. The molecule has 12 heavy (non-hydrogen) atoms. The minimum absolute atomic E-state index is 0.179. The normalized spacial score (nSPS) is 24.8. The fraction of sp³-hybridized carbons (Fsp3) is 0.875. The molecule has 1 N–H and O–H groups in total. The maximum atomic E-state index is 11.2. The summed E-state index contributed by atoms with van der Waals surface area (Å²) in [5.41, 5.74) is 0. The Hall–Kier alpha value is 0.160. The predicted octanol–water partition coefficient (Wildman–Crippen LogP) is 1.18. The summed E-state index contributed by atoms with van der Waals surface area (Å²) in [7, 11) is 0. The van der Waals surface area contributed by atoms with E-state index in [2.05, 4.69) is 22.3 Å². The molecule has 0 radical (unpaired) electrons. The van der Waals surface area contributed by atoms with Crippen molar-refractivity contribution in [2.75, 3.05) is 13.1 Å². The lowest BCUT2D eigenvalue weighted by molar-refractivity contribution is -0.122. The average Bonchev–Trinajstić information content (AvgIpc) is 2.51. The highest BCUT2D eigenvalue weighted by Crippen LogP contribution is 2.18. The summed E-state index contributed by atoms with van der Waals surface area (Å²) in [6, 6.07) is 0.567. The summed E-state index contributed by atoms with van der Waals surface area (Å²) in [5, 5.41) is 0. The number of hydrogen-bond acceptors (Lipinski definition) is 2. The van der Waals surface area contributed by atoms with E-state index in [-0.39, 0.29) is 11.8 Å². The fourth-order valence-electron chi connectivity index (χ4n) is 1.55. The van der Waals surface area contributed by atoms with E-state index >= 15 is 0 Å². The molecule has 1 aliphatic rings. The Bertz CT molecular complexity index is 172. The summed E-state index contributed by atoms with van der Waals surface area (Å²) >= 11 is 1.91. The van der Waals surface area contributed by atoms with Crippen molar-refractivity contribution in [2.24, 2.45) is 5.92 Å². The van der Waals surface area contributed by atoms with Crippen LogP contribution in [0.4, 0.5) is 0 Å². The van der Waals surface area contributed by atoms with Gasteiger partial charge in [0.25, 0.3) is 0 Å². The highest BCUT2D eigenvalue weighted by Gasteiger charge is 2.28. The maximum Gasteiger partial charge on any atom is 0.233 e. The van der Waals surface area contributed by atoms with Crippen LogP contribution in [-0.4, -0.2) is 29.9 Å². The van der Waals surface area contributed by atoms with Crippen LogP contribution in [0.2, 0.25) is 0 Å². The molecule has 3 nitrogen and oxygen atoms in total. The first-order valence-corrected chi connectivity index (χ1v) is 5.37. The number of likely N-dealkylation sites (tertiary alicyclic amines) is 1. The van der Waals surface area contributed by atoms with Crippen LogP contribution >= 0.6 is 22.9 Å². The van der Waals surface area contributed by atoms with Gasteiger partial charge in [-0.3, -0.25) is 8.32 Å². The van der Waals surface area contributed by atoms with Crippen LogP contribution < -0.4 is 3.53 Å². The molecule has 4 heteroatoms. The molecule has 1 aliphatic heterocycles. The van der Waals surface area contributed by atoms with E-state index in [1.165, 1.54) is 0 Å². The van der Waals surface area contributed by atoms with Crippen LogP contribution in [0.25, 0.3) is 0 Å². The number of amides is 1. The molecule has 0 saturated carbocycles. The Morgan fingerprint density at radius 3 is 2.75 bits per heavy atom. The monoisotopic (exact) mass is 282 g/mol. The van der Waals surface area contributed by atoms with E-state index in [9.17, 15) is 4.79 Å². The van der Waals surface area contributed by atoms with Gasteiger partial charge in [-0.05, 0) is 26.8 Å².